The maximum Gasteiger partial charge on any atom is 0.0734 e. The standard InChI is InChI=1S/C8H6N3/c1-2-4-9-8(3-1)7-5-10-11-6-7/h1-6H. The summed E-state index contributed by atoms with van der Waals surface area (Å²) < 4.78 is 0. The van der Waals surface area contributed by atoms with Crippen molar-refractivity contribution in [1.29, 1.82) is 0 Å². The summed E-state index contributed by atoms with van der Waals surface area (Å²) in [6.45, 7) is 0. The monoisotopic (exact) mass is 144 g/mol. The lowest BCUT2D eigenvalue weighted by Crippen LogP contribution is -1.85. The Labute approximate surface area is 64.5 Å². The molecule has 0 aliphatic carbocycles. The SMILES string of the molecule is C1=N[N]C=C1c1ccccn1. The fraction of sp³-hybridized carbons (Fsp3) is 0. The highest BCUT2D eigenvalue weighted by Crippen LogP contribution is 2.10. The van der Waals surface area contributed by atoms with Crippen LogP contribution in [0.15, 0.2) is 35.7 Å². The number of aromatic nitrogens is 1. The molecule has 0 saturated heterocycles. The minimum Gasteiger partial charge on any atom is -0.256 e. The molecule has 0 unspecified atom stereocenters. The van der Waals surface area contributed by atoms with Crippen LogP contribution in [0.5, 0.6) is 0 Å². The normalized spacial score (nSPS) is 14.4. The Morgan fingerprint density at radius 3 is 2.82 bits per heavy atom. The van der Waals surface area contributed by atoms with Crippen molar-refractivity contribution >= 4 is 11.8 Å². The third kappa shape index (κ3) is 1.12. The van der Waals surface area contributed by atoms with Crippen LogP contribution in [-0.2, 0) is 0 Å². The summed E-state index contributed by atoms with van der Waals surface area (Å²) in [5, 5.41) is 3.71. The lowest BCUT2D eigenvalue weighted by molar-refractivity contribution is 0.977. The Morgan fingerprint density at radius 2 is 2.18 bits per heavy atom. The van der Waals surface area contributed by atoms with Crippen LogP contribution >= 0.6 is 0 Å². The van der Waals surface area contributed by atoms with Gasteiger partial charge in [-0.1, -0.05) is 6.07 Å². The molecule has 0 N–H and O–H groups in total. The molecule has 3 nitrogen and oxygen atoms in total. The van der Waals surface area contributed by atoms with Crippen molar-refractivity contribution in [3.05, 3.63) is 36.3 Å². The zero-order chi connectivity index (χ0) is 7.52. The minimum absolute atomic E-state index is 0.914. The van der Waals surface area contributed by atoms with E-state index >= 15 is 0 Å². The molecule has 0 saturated carbocycles. The molecule has 0 fully saturated rings. The number of rotatable bonds is 1. The number of hydrogen-bond acceptors (Lipinski definition) is 2. The van der Waals surface area contributed by atoms with Gasteiger partial charge in [-0.15, -0.1) is 0 Å². The predicted octanol–water partition coefficient (Wildman–Crippen LogP) is 1.03. The first-order valence-electron chi connectivity index (χ1n) is 3.31. The molecule has 3 heteroatoms. The van der Waals surface area contributed by atoms with E-state index in [1.54, 1.807) is 18.6 Å². The number of allylic oxidation sites excluding steroid dienone is 1. The van der Waals surface area contributed by atoms with E-state index in [0.717, 1.165) is 11.3 Å². The Hall–Kier alpha value is -1.64. The van der Waals surface area contributed by atoms with E-state index in [2.05, 4.69) is 15.5 Å². The van der Waals surface area contributed by atoms with Gasteiger partial charge in [0.25, 0.3) is 0 Å². The molecule has 1 aliphatic rings. The van der Waals surface area contributed by atoms with Crippen LogP contribution in [0, 0.1) is 0 Å². The molecule has 1 radical (unpaired) electrons. The topological polar surface area (TPSA) is 39.4 Å². The largest absolute Gasteiger partial charge is 0.256 e. The van der Waals surface area contributed by atoms with E-state index in [-0.39, 0.29) is 0 Å². The van der Waals surface area contributed by atoms with E-state index in [4.69, 9.17) is 0 Å². The van der Waals surface area contributed by atoms with Crippen LogP contribution in [0.4, 0.5) is 0 Å². The lowest BCUT2D eigenvalue weighted by Gasteiger charge is -1.93. The number of pyridine rings is 1. The summed E-state index contributed by atoms with van der Waals surface area (Å²) in [6.07, 6.45) is 5.15. The quantitative estimate of drug-likeness (QED) is 0.580. The summed E-state index contributed by atoms with van der Waals surface area (Å²) in [7, 11) is 0. The predicted molar refractivity (Wildman–Crippen MR) is 42.8 cm³/mol. The molecule has 1 aromatic heterocycles. The van der Waals surface area contributed by atoms with Crippen LogP contribution in [0.1, 0.15) is 5.69 Å². The van der Waals surface area contributed by atoms with Gasteiger partial charge >= 0.3 is 0 Å². The van der Waals surface area contributed by atoms with Crippen LogP contribution in [0.3, 0.4) is 0 Å². The van der Waals surface area contributed by atoms with Gasteiger partial charge < -0.3 is 0 Å². The Balaban J connectivity index is 2.37. The second-order valence-electron chi connectivity index (χ2n) is 2.16. The van der Waals surface area contributed by atoms with Gasteiger partial charge in [0.05, 0.1) is 18.1 Å². The maximum absolute atomic E-state index is 4.14. The minimum atomic E-state index is 0.914. The Morgan fingerprint density at radius 1 is 1.18 bits per heavy atom. The van der Waals surface area contributed by atoms with Crippen molar-refractivity contribution in [1.82, 2.24) is 10.4 Å². The van der Waals surface area contributed by atoms with Crippen molar-refractivity contribution in [2.24, 2.45) is 5.10 Å². The van der Waals surface area contributed by atoms with Gasteiger partial charge in [0.15, 0.2) is 0 Å². The van der Waals surface area contributed by atoms with Crippen LogP contribution in [0.2, 0.25) is 0 Å². The van der Waals surface area contributed by atoms with Crippen molar-refractivity contribution in [2.45, 2.75) is 0 Å². The molecular formula is C8H6N3. The molecule has 0 amide bonds. The second kappa shape index (κ2) is 2.54. The van der Waals surface area contributed by atoms with Crippen LogP contribution < -0.4 is 5.43 Å². The summed E-state index contributed by atoms with van der Waals surface area (Å²) in [6, 6.07) is 5.75. The Bertz CT molecular complexity index is 300. The fourth-order valence-electron chi connectivity index (χ4n) is 0.890. The van der Waals surface area contributed by atoms with Crippen molar-refractivity contribution in [3.63, 3.8) is 0 Å². The average Bonchev–Trinajstić information content (AvgIpc) is 2.58. The summed E-state index contributed by atoms with van der Waals surface area (Å²) in [5.74, 6) is 0. The maximum atomic E-state index is 4.14. The Kier molecular flexibility index (Phi) is 1.41. The van der Waals surface area contributed by atoms with Gasteiger partial charge in [0, 0.05) is 11.8 Å². The van der Waals surface area contributed by atoms with Gasteiger partial charge in [0.1, 0.15) is 0 Å². The first-order valence-corrected chi connectivity index (χ1v) is 3.31. The van der Waals surface area contributed by atoms with Gasteiger partial charge in [-0.3, -0.25) is 4.98 Å². The van der Waals surface area contributed by atoms with Crippen molar-refractivity contribution in [2.75, 3.05) is 0 Å². The van der Waals surface area contributed by atoms with Gasteiger partial charge in [0.2, 0.25) is 0 Å². The third-order valence-electron chi connectivity index (χ3n) is 1.42. The average molecular weight is 144 g/mol. The van der Waals surface area contributed by atoms with Crippen molar-refractivity contribution in [3.8, 4) is 0 Å². The van der Waals surface area contributed by atoms with Crippen LogP contribution in [0.25, 0.3) is 5.57 Å². The number of hydrogen-bond donors (Lipinski definition) is 0. The first-order chi connectivity index (χ1) is 5.47. The lowest BCUT2D eigenvalue weighted by atomic mass is 10.2. The smallest absolute Gasteiger partial charge is 0.0734 e. The summed E-state index contributed by atoms with van der Waals surface area (Å²) >= 11 is 0. The highest BCUT2D eigenvalue weighted by atomic mass is 15.3. The van der Waals surface area contributed by atoms with Gasteiger partial charge in [-0.05, 0) is 12.1 Å². The summed E-state index contributed by atoms with van der Waals surface area (Å²) in [4.78, 5) is 4.14. The number of nitrogens with zero attached hydrogens (tertiary/aromatic N) is 3. The molecule has 0 bridgehead atoms. The van der Waals surface area contributed by atoms with E-state index in [9.17, 15) is 0 Å². The zero-order valence-corrected chi connectivity index (χ0v) is 5.81. The first kappa shape index (κ1) is 6.09. The fourth-order valence-corrected chi connectivity index (χ4v) is 0.890. The zero-order valence-electron chi connectivity index (χ0n) is 5.81. The molecule has 53 valence electrons. The molecule has 1 aliphatic heterocycles. The second-order valence-corrected chi connectivity index (χ2v) is 2.16. The van der Waals surface area contributed by atoms with E-state index in [1.807, 2.05) is 18.2 Å². The molecular weight excluding hydrogens is 138 g/mol. The van der Waals surface area contributed by atoms with Crippen LogP contribution in [-0.4, -0.2) is 11.2 Å². The molecule has 0 aromatic carbocycles. The third-order valence-corrected chi connectivity index (χ3v) is 1.42. The highest BCUT2D eigenvalue weighted by Gasteiger charge is 2.02. The highest BCUT2D eigenvalue weighted by molar-refractivity contribution is 6.09. The molecule has 0 atom stereocenters. The van der Waals surface area contributed by atoms with E-state index in [0.29, 0.717) is 0 Å². The summed E-state index contributed by atoms with van der Waals surface area (Å²) in [5.41, 5.74) is 5.59. The van der Waals surface area contributed by atoms with Gasteiger partial charge in [-0.2, -0.15) is 10.5 Å². The molecule has 2 rings (SSSR count). The van der Waals surface area contributed by atoms with Gasteiger partial charge in [-0.25, -0.2) is 0 Å². The molecule has 2 heterocycles. The molecule has 0 spiro atoms. The van der Waals surface area contributed by atoms with E-state index < -0.39 is 0 Å². The molecule has 11 heavy (non-hydrogen) atoms. The molecule has 1 aromatic rings. The van der Waals surface area contributed by atoms with Crippen molar-refractivity contribution < 1.29 is 0 Å². The van der Waals surface area contributed by atoms with E-state index in [1.165, 1.54) is 0 Å².